The van der Waals surface area contributed by atoms with Crippen LogP contribution in [-0.4, -0.2) is 5.54 Å². The van der Waals surface area contributed by atoms with Crippen molar-refractivity contribution in [1.82, 2.24) is 5.32 Å². The van der Waals surface area contributed by atoms with Gasteiger partial charge in [-0.15, -0.1) is 0 Å². The average Bonchev–Trinajstić information content (AvgIpc) is 2.28. The SMILES string of the molecule is CCCCCC(C)(C)NCc1ccccc1. The van der Waals surface area contributed by atoms with Crippen LogP contribution in [0.3, 0.4) is 0 Å². The Morgan fingerprint density at radius 1 is 1.06 bits per heavy atom. The summed E-state index contributed by atoms with van der Waals surface area (Å²) in [5.74, 6) is 0. The predicted octanol–water partition coefficient (Wildman–Crippen LogP) is 4.14. The van der Waals surface area contributed by atoms with Crippen LogP contribution in [0.2, 0.25) is 0 Å². The van der Waals surface area contributed by atoms with E-state index in [1.165, 1.54) is 31.2 Å². The van der Waals surface area contributed by atoms with E-state index in [1.807, 2.05) is 0 Å². The summed E-state index contributed by atoms with van der Waals surface area (Å²) in [6.45, 7) is 7.82. The highest BCUT2D eigenvalue weighted by Gasteiger charge is 2.15. The van der Waals surface area contributed by atoms with Gasteiger partial charge < -0.3 is 5.32 Å². The number of hydrogen-bond donors (Lipinski definition) is 1. The van der Waals surface area contributed by atoms with Crippen molar-refractivity contribution < 1.29 is 0 Å². The average molecular weight is 219 g/mol. The maximum atomic E-state index is 3.63. The highest BCUT2D eigenvalue weighted by Crippen LogP contribution is 2.14. The molecule has 0 saturated carbocycles. The van der Waals surface area contributed by atoms with Gasteiger partial charge >= 0.3 is 0 Å². The summed E-state index contributed by atoms with van der Waals surface area (Å²) < 4.78 is 0. The molecular weight excluding hydrogens is 194 g/mol. The van der Waals surface area contributed by atoms with E-state index in [2.05, 4.69) is 56.4 Å². The Morgan fingerprint density at radius 2 is 1.75 bits per heavy atom. The third kappa shape index (κ3) is 5.32. The van der Waals surface area contributed by atoms with Crippen molar-refractivity contribution in [1.29, 1.82) is 0 Å². The second-order valence-electron chi connectivity index (χ2n) is 5.18. The standard InChI is InChI=1S/C15H25N/c1-4-5-9-12-15(2,3)16-13-14-10-7-6-8-11-14/h6-8,10-11,16H,4-5,9,12-13H2,1-3H3. The lowest BCUT2D eigenvalue weighted by Crippen LogP contribution is -2.38. The summed E-state index contributed by atoms with van der Waals surface area (Å²) in [6, 6.07) is 10.6. The highest BCUT2D eigenvalue weighted by atomic mass is 14.9. The molecule has 0 unspecified atom stereocenters. The number of benzene rings is 1. The molecule has 0 atom stereocenters. The summed E-state index contributed by atoms with van der Waals surface area (Å²) in [7, 11) is 0. The highest BCUT2D eigenvalue weighted by molar-refractivity contribution is 5.14. The van der Waals surface area contributed by atoms with E-state index >= 15 is 0 Å². The van der Waals surface area contributed by atoms with Gasteiger partial charge in [-0.25, -0.2) is 0 Å². The lowest BCUT2D eigenvalue weighted by Gasteiger charge is -2.26. The van der Waals surface area contributed by atoms with Crippen LogP contribution >= 0.6 is 0 Å². The molecular formula is C15H25N. The van der Waals surface area contributed by atoms with E-state index in [4.69, 9.17) is 0 Å². The van der Waals surface area contributed by atoms with Crippen molar-refractivity contribution in [3.05, 3.63) is 35.9 Å². The van der Waals surface area contributed by atoms with Crippen LogP contribution in [0.5, 0.6) is 0 Å². The molecule has 1 rings (SSSR count). The smallest absolute Gasteiger partial charge is 0.0210 e. The van der Waals surface area contributed by atoms with Crippen molar-refractivity contribution in [2.24, 2.45) is 0 Å². The molecule has 1 nitrogen and oxygen atoms in total. The summed E-state index contributed by atoms with van der Waals surface area (Å²) in [6.07, 6.45) is 5.23. The maximum absolute atomic E-state index is 3.63. The van der Waals surface area contributed by atoms with E-state index in [0.717, 1.165) is 6.54 Å². The molecule has 0 amide bonds. The van der Waals surface area contributed by atoms with Gasteiger partial charge in [0.15, 0.2) is 0 Å². The molecule has 0 aliphatic heterocycles. The second-order valence-corrected chi connectivity index (χ2v) is 5.18. The van der Waals surface area contributed by atoms with E-state index < -0.39 is 0 Å². The zero-order valence-electron chi connectivity index (χ0n) is 10.9. The third-order valence-electron chi connectivity index (χ3n) is 3.02. The summed E-state index contributed by atoms with van der Waals surface area (Å²) in [5.41, 5.74) is 1.62. The Balaban J connectivity index is 2.30. The Kier molecular flexibility index (Phi) is 5.54. The van der Waals surface area contributed by atoms with Crippen molar-refractivity contribution in [3.63, 3.8) is 0 Å². The van der Waals surface area contributed by atoms with Gasteiger partial charge in [0.2, 0.25) is 0 Å². The molecule has 0 fully saturated rings. The van der Waals surface area contributed by atoms with Gasteiger partial charge in [-0.2, -0.15) is 0 Å². The molecule has 0 aromatic heterocycles. The normalized spacial score (nSPS) is 11.7. The monoisotopic (exact) mass is 219 g/mol. The minimum Gasteiger partial charge on any atom is -0.308 e. The molecule has 1 aromatic carbocycles. The fourth-order valence-electron chi connectivity index (χ4n) is 1.84. The van der Waals surface area contributed by atoms with Crippen LogP contribution in [-0.2, 0) is 6.54 Å². The third-order valence-corrected chi connectivity index (χ3v) is 3.02. The first-order chi connectivity index (χ1) is 7.64. The largest absolute Gasteiger partial charge is 0.308 e. The van der Waals surface area contributed by atoms with Crippen LogP contribution in [0.25, 0.3) is 0 Å². The first-order valence-corrected chi connectivity index (χ1v) is 6.43. The molecule has 1 aromatic rings. The lowest BCUT2D eigenvalue weighted by molar-refractivity contribution is 0.347. The van der Waals surface area contributed by atoms with Crippen LogP contribution < -0.4 is 5.32 Å². The first kappa shape index (κ1) is 13.2. The fraction of sp³-hybridized carbons (Fsp3) is 0.600. The van der Waals surface area contributed by atoms with Crippen LogP contribution in [0.15, 0.2) is 30.3 Å². The van der Waals surface area contributed by atoms with E-state index in [1.54, 1.807) is 0 Å². The van der Waals surface area contributed by atoms with Gasteiger partial charge in [0.05, 0.1) is 0 Å². The molecule has 0 spiro atoms. The van der Waals surface area contributed by atoms with Crippen LogP contribution in [0, 0.1) is 0 Å². The van der Waals surface area contributed by atoms with Crippen molar-refractivity contribution >= 4 is 0 Å². The lowest BCUT2D eigenvalue weighted by atomic mass is 9.96. The van der Waals surface area contributed by atoms with Crippen molar-refractivity contribution in [2.75, 3.05) is 0 Å². The van der Waals surface area contributed by atoms with E-state index in [-0.39, 0.29) is 5.54 Å². The second kappa shape index (κ2) is 6.70. The zero-order chi connectivity index (χ0) is 11.9. The Hall–Kier alpha value is -0.820. The molecule has 0 aliphatic carbocycles. The number of unbranched alkanes of at least 4 members (excludes halogenated alkanes) is 2. The first-order valence-electron chi connectivity index (χ1n) is 6.43. The van der Waals surface area contributed by atoms with Gasteiger partial charge in [0, 0.05) is 12.1 Å². The minimum absolute atomic E-state index is 0.255. The minimum atomic E-state index is 0.255. The summed E-state index contributed by atoms with van der Waals surface area (Å²) >= 11 is 0. The molecule has 16 heavy (non-hydrogen) atoms. The number of rotatable bonds is 7. The van der Waals surface area contributed by atoms with Gasteiger partial charge in [0.25, 0.3) is 0 Å². The molecule has 0 aliphatic rings. The Morgan fingerprint density at radius 3 is 2.38 bits per heavy atom. The van der Waals surface area contributed by atoms with Gasteiger partial charge in [-0.1, -0.05) is 56.5 Å². The van der Waals surface area contributed by atoms with E-state index in [0.29, 0.717) is 0 Å². The van der Waals surface area contributed by atoms with Crippen LogP contribution in [0.1, 0.15) is 52.0 Å². The maximum Gasteiger partial charge on any atom is 0.0210 e. The number of nitrogens with one attached hydrogen (secondary N) is 1. The predicted molar refractivity (Wildman–Crippen MR) is 71.5 cm³/mol. The molecule has 90 valence electrons. The summed E-state index contributed by atoms with van der Waals surface area (Å²) in [5, 5.41) is 3.63. The van der Waals surface area contributed by atoms with Gasteiger partial charge in [-0.3, -0.25) is 0 Å². The molecule has 1 N–H and O–H groups in total. The Labute approximate surface area is 100 Å². The van der Waals surface area contributed by atoms with Crippen LogP contribution in [0.4, 0.5) is 0 Å². The van der Waals surface area contributed by atoms with Gasteiger partial charge in [-0.05, 0) is 25.8 Å². The van der Waals surface area contributed by atoms with Gasteiger partial charge in [0.1, 0.15) is 0 Å². The molecule has 0 bridgehead atoms. The Bertz CT molecular complexity index is 277. The van der Waals surface area contributed by atoms with Crippen molar-refractivity contribution in [3.8, 4) is 0 Å². The molecule has 0 heterocycles. The quantitative estimate of drug-likeness (QED) is 0.680. The fourth-order valence-corrected chi connectivity index (χ4v) is 1.84. The van der Waals surface area contributed by atoms with Crippen molar-refractivity contribution in [2.45, 2.75) is 58.5 Å². The molecule has 0 radical (unpaired) electrons. The number of hydrogen-bond acceptors (Lipinski definition) is 1. The van der Waals surface area contributed by atoms with E-state index in [9.17, 15) is 0 Å². The summed E-state index contributed by atoms with van der Waals surface area (Å²) in [4.78, 5) is 0. The topological polar surface area (TPSA) is 12.0 Å². The molecule has 0 saturated heterocycles. The zero-order valence-corrected chi connectivity index (χ0v) is 10.9. The molecule has 1 heteroatoms.